The maximum absolute atomic E-state index is 13.7. The summed E-state index contributed by atoms with van der Waals surface area (Å²) in [6, 6.07) is 15.7. The molecule has 0 saturated heterocycles. The SMILES string of the molecule is Cc1cc(S(=O)(=O)N2CCOc3ccc(COCc4ccccc4F)cc3C2)ccc1F. The molecule has 0 N–H and O–H groups in total. The van der Waals surface area contributed by atoms with Gasteiger partial charge in [0.25, 0.3) is 0 Å². The molecule has 1 aliphatic heterocycles. The molecule has 0 saturated carbocycles. The molecule has 5 nitrogen and oxygen atoms in total. The Labute approximate surface area is 186 Å². The predicted octanol–water partition coefficient (Wildman–Crippen LogP) is 4.57. The molecule has 3 aromatic rings. The van der Waals surface area contributed by atoms with Crippen molar-refractivity contribution in [1.82, 2.24) is 4.31 Å². The monoisotopic (exact) mass is 459 g/mol. The smallest absolute Gasteiger partial charge is 0.243 e. The first-order valence-corrected chi connectivity index (χ1v) is 11.6. The van der Waals surface area contributed by atoms with Crippen LogP contribution in [0.25, 0.3) is 0 Å². The van der Waals surface area contributed by atoms with Gasteiger partial charge in [0.1, 0.15) is 24.0 Å². The van der Waals surface area contributed by atoms with Crippen LogP contribution in [-0.2, 0) is 34.5 Å². The maximum Gasteiger partial charge on any atom is 0.243 e. The van der Waals surface area contributed by atoms with Crippen LogP contribution in [0.4, 0.5) is 8.78 Å². The molecular weight excluding hydrogens is 436 g/mol. The second kappa shape index (κ2) is 9.36. The Morgan fingerprint density at radius 2 is 1.81 bits per heavy atom. The standard InChI is InChI=1S/C24H23F2NO4S/c1-17-12-21(7-8-22(17)25)32(28,29)27-10-11-31-24-9-6-18(13-20(24)14-27)15-30-16-19-4-2-3-5-23(19)26/h2-9,12-13H,10-11,14-16H2,1H3. The minimum atomic E-state index is -3.82. The van der Waals surface area contributed by atoms with Gasteiger partial charge in [-0.1, -0.05) is 24.3 Å². The summed E-state index contributed by atoms with van der Waals surface area (Å²) in [6.07, 6.45) is 0. The summed E-state index contributed by atoms with van der Waals surface area (Å²) in [6.45, 7) is 2.40. The van der Waals surface area contributed by atoms with Gasteiger partial charge in [-0.05, 0) is 54.4 Å². The predicted molar refractivity (Wildman–Crippen MR) is 116 cm³/mol. The van der Waals surface area contributed by atoms with E-state index in [0.717, 1.165) is 11.6 Å². The number of halogens is 2. The molecule has 0 bridgehead atoms. The average molecular weight is 460 g/mol. The lowest BCUT2D eigenvalue weighted by molar-refractivity contribution is 0.105. The summed E-state index contributed by atoms with van der Waals surface area (Å²) in [7, 11) is -3.82. The largest absolute Gasteiger partial charge is 0.492 e. The van der Waals surface area contributed by atoms with Gasteiger partial charge < -0.3 is 9.47 Å². The molecule has 0 radical (unpaired) electrons. The molecule has 3 aromatic carbocycles. The van der Waals surface area contributed by atoms with Crippen LogP contribution in [0.3, 0.4) is 0 Å². The van der Waals surface area contributed by atoms with E-state index in [4.69, 9.17) is 9.47 Å². The van der Waals surface area contributed by atoms with Crippen LogP contribution in [0.15, 0.2) is 65.6 Å². The number of benzene rings is 3. The molecule has 0 aromatic heterocycles. The summed E-state index contributed by atoms with van der Waals surface area (Å²) in [5.41, 5.74) is 2.27. The van der Waals surface area contributed by atoms with Crippen LogP contribution in [0, 0.1) is 18.6 Å². The third-order valence-electron chi connectivity index (χ3n) is 5.32. The summed E-state index contributed by atoms with van der Waals surface area (Å²) in [4.78, 5) is 0.0456. The first-order chi connectivity index (χ1) is 15.3. The number of nitrogens with zero attached hydrogens (tertiary/aromatic N) is 1. The van der Waals surface area contributed by atoms with Crippen LogP contribution in [0.2, 0.25) is 0 Å². The van der Waals surface area contributed by atoms with Gasteiger partial charge in [0.15, 0.2) is 0 Å². The first-order valence-electron chi connectivity index (χ1n) is 10.2. The van der Waals surface area contributed by atoms with Crippen molar-refractivity contribution in [2.24, 2.45) is 0 Å². The highest BCUT2D eigenvalue weighted by atomic mass is 32.2. The van der Waals surface area contributed by atoms with E-state index >= 15 is 0 Å². The van der Waals surface area contributed by atoms with Crippen LogP contribution in [0.5, 0.6) is 5.75 Å². The Balaban J connectivity index is 1.50. The normalized spacial score (nSPS) is 14.5. The minimum absolute atomic E-state index is 0.0456. The highest BCUT2D eigenvalue weighted by molar-refractivity contribution is 7.89. The molecule has 8 heteroatoms. The Morgan fingerprint density at radius 3 is 2.59 bits per heavy atom. The molecular formula is C24H23F2NO4S. The van der Waals surface area contributed by atoms with E-state index in [-0.39, 0.29) is 49.2 Å². The molecule has 1 aliphatic rings. The molecule has 0 spiro atoms. The third kappa shape index (κ3) is 4.82. The molecule has 0 aliphatic carbocycles. The fourth-order valence-corrected chi connectivity index (χ4v) is 5.03. The van der Waals surface area contributed by atoms with Crippen molar-refractivity contribution in [3.63, 3.8) is 0 Å². The van der Waals surface area contributed by atoms with Gasteiger partial charge in [0, 0.05) is 24.2 Å². The summed E-state index contributed by atoms with van der Waals surface area (Å²) >= 11 is 0. The van der Waals surface area contributed by atoms with Crippen LogP contribution < -0.4 is 4.74 Å². The number of rotatable bonds is 6. The fourth-order valence-electron chi connectivity index (χ4n) is 3.54. The van der Waals surface area contributed by atoms with E-state index in [1.54, 1.807) is 24.3 Å². The summed E-state index contributed by atoms with van der Waals surface area (Å²) < 4.78 is 66.4. The number of aryl methyl sites for hydroxylation is 1. The van der Waals surface area contributed by atoms with Gasteiger partial charge >= 0.3 is 0 Å². The van der Waals surface area contributed by atoms with Crippen LogP contribution in [-0.4, -0.2) is 25.9 Å². The van der Waals surface area contributed by atoms with E-state index in [1.165, 1.54) is 29.4 Å². The quantitative estimate of drug-likeness (QED) is 0.542. The minimum Gasteiger partial charge on any atom is -0.492 e. The number of hydrogen-bond acceptors (Lipinski definition) is 4. The van der Waals surface area contributed by atoms with Crippen molar-refractivity contribution in [3.05, 3.63) is 94.6 Å². The van der Waals surface area contributed by atoms with Crippen molar-refractivity contribution >= 4 is 10.0 Å². The Hall–Kier alpha value is -2.81. The molecule has 0 unspecified atom stereocenters. The molecule has 0 amide bonds. The lowest BCUT2D eigenvalue weighted by atomic mass is 10.1. The van der Waals surface area contributed by atoms with Gasteiger partial charge in [-0.15, -0.1) is 0 Å². The Kier molecular flexibility index (Phi) is 6.55. The van der Waals surface area contributed by atoms with Crippen molar-refractivity contribution in [2.75, 3.05) is 13.2 Å². The molecule has 1 heterocycles. The van der Waals surface area contributed by atoms with Gasteiger partial charge in [-0.2, -0.15) is 4.31 Å². The zero-order valence-corrected chi connectivity index (χ0v) is 18.4. The van der Waals surface area contributed by atoms with Crippen LogP contribution in [0.1, 0.15) is 22.3 Å². The van der Waals surface area contributed by atoms with E-state index in [2.05, 4.69) is 0 Å². The fraction of sp³-hybridized carbons (Fsp3) is 0.250. The van der Waals surface area contributed by atoms with Crippen molar-refractivity contribution in [2.45, 2.75) is 31.6 Å². The highest BCUT2D eigenvalue weighted by Crippen LogP contribution is 2.28. The van der Waals surface area contributed by atoms with E-state index < -0.39 is 15.8 Å². The van der Waals surface area contributed by atoms with Crippen molar-refractivity contribution in [3.8, 4) is 5.75 Å². The summed E-state index contributed by atoms with van der Waals surface area (Å²) in [5, 5.41) is 0. The average Bonchev–Trinajstić information content (AvgIpc) is 2.99. The molecule has 0 atom stereocenters. The first kappa shape index (κ1) is 22.4. The number of fused-ring (bicyclic) bond motifs is 1. The van der Waals surface area contributed by atoms with Gasteiger partial charge in [0.05, 0.1) is 18.1 Å². The van der Waals surface area contributed by atoms with Crippen LogP contribution >= 0.6 is 0 Å². The molecule has 0 fully saturated rings. The topological polar surface area (TPSA) is 55.8 Å². The van der Waals surface area contributed by atoms with E-state index in [9.17, 15) is 17.2 Å². The van der Waals surface area contributed by atoms with Gasteiger partial charge in [-0.3, -0.25) is 0 Å². The van der Waals surface area contributed by atoms with E-state index in [0.29, 0.717) is 16.9 Å². The zero-order chi connectivity index (χ0) is 22.7. The Bertz CT molecular complexity index is 1230. The second-order valence-corrected chi connectivity index (χ2v) is 9.56. The lowest BCUT2D eigenvalue weighted by Crippen LogP contribution is -2.32. The molecule has 4 rings (SSSR count). The van der Waals surface area contributed by atoms with Crippen molar-refractivity contribution in [1.29, 1.82) is 0 Å². The number of ether oxygens (including phenoxy) is 2. The van der Waals surface area contributed by atoms with Crippen molar-refractivity contribution < 1.29 is 26.7 Å². The molecule has 168 valence electrons. The second-order valence-electron chi connectivity index (χ2n) is 7.62. The number of hydrogen-bond donors (Lipinski definition) is 0. The van der Waals surface area contributed by atoms with E-state index in [1.807, 2.05) is 12.1 Å². The third-order valence-corrected chi connectivity index (χ3v) is 7.16. The highest BCUT2D eigenvalue weighted by Gasteiger charge is 2.28. The number of sulfonamides is 1. The lowest BCUT2D eigenvalue weighted by Gasteiger charge is -2.20. The summed E-state index contributed by atoms with van der Waals surface area (Å²) in [5.74, 6) is -0.163. The molecule has 32 heavy (non-hydrogen) atoms. The Morgan fingerprint density at radius 1 is 1.00 bits per heavy atom. The van der Waals surface area contributed by atoms with Gasteiger partial charge in [-0.25, -0.2) is 17.2 Å². The maximum atomic E-state index is 13.7. The van der Waals surface area contributed by atoms with Gasteiger partial charge in [0.2, 0.25) is 10.0 Å². The zero-order valence-electron chi connectivity index (χ0n) is 17.6.